The molecule has 1 aromatic carbocycles. The number of amides is 1. The second-order valence-corrected chi connectivity index (χ2v) is 8.77. The van der Waals surface area contributed by atoms with E-state index in [2.05, 4.69) is 39.5 Å². The number of carbonyl (C=O) groups excluding carboxylic acids is 1. The van der Waals surface area contributed by atoms with E-state index in [1.807, 2.05) is 36.7 Å². The molecule has 1 aliphatic rings. The summed E-state index contributed by atoms with van der Waals surface area (Å²) in [5.41, 5.74) is 3.75. The van der Waals surface area contributed by atoms with Gasteiger partial charge in [-0.05, 0) is 31.9 Å². The molecule has 8 heteroatoms. The van der Waals surface area contributed by atoms with Crippen LogP contribution in [0.5, 0.6) is 5.88 Å². The Labute approximate surface area is 200 Å². The molecule has 3 aromatic rings. The van der Waals surface area contributed by atoms with Crippen molar-refractivity contribution in [3.8, 4) is 28.7 Å². The third-order valence-electron chi connectivity index (χ3n) is 5.77. The molecular formula is C26H33N5O3. The fourth-order valence-electron chi connectivity index (χ4n) is 4.01. The van der Waals surface area contributed by atoms with Crippen LogP contribution in [0, 0.1) is 0 Å². The van der Waals surface area contributed by atoms with Gasteiger partial charge in [-0.2, -0.15) is 0 Å². The molecule has 0 unspecified atom stereocenters. The van der Waals surface area contributed by atoms with Gasteiger partial charge in [0, 0.05) is 43.5 Å². The molecule has 3 heterocycles. The van der Waals surface area contributed by atoms with E-state index in [-0.39, 0.29) is 18.5 Å². The van der Waals surface area contributed by atoms with E-state index in [0.29, 0.717) is 17.4 Å². The summed E-state index contributed by atoms with van der Waals surface area (Å²) < 4.78 is 12.6. The highest BCUT2D eigenvalue weighted by Gasteiger charge is 2.16. The smallest absolute Gasteiger partial charge is 0.240 e. The highest BCUT2D eigenvalue weighted by molar-refractivity contribution is 5.77. The SMILES string of the molecule is COc1cccc(-c2nc(-c3ccc(CCN4CCOCC4)cc3)cn2CC(=O)NC(C)C)n1. The monoisotopic (exact) mass is 463 g/mol. The highest BCUT2D eigenvalue weighted by Crippen LogP contribution is 2.25. The Morgan fingerprint density at radius 2 is 1.85 bits per heavy atom. The van der Waals surface area contributed by atoms with Gasteiger partial charge in [0.2, 0.25) is 11.8 Å². The Kier molecular flexibility index (Phi) is 7.92. The zero-order chi connectivity index (χ0) is 23.9. The fraction of sp³-hybridized carbons (Fsp3) is 0.423. The number of aromatic nitrogens is 3. The molecule has 34 heavy (non-hydrogen) atoms. The summed E-state index contributed by atoms with van der Waals surface area (Å²) in [7, 11) is 1.58. The van der Waals surface area contributed by atoms with Gasteiger partial charge < -0.3 is 19.4 Å². The van der Waals surface area contributed by atoms with Gasteiger partial charge in [-0.3, -0.25) is 9.69 Å². The second-order valence-electron chi connectivity index (χ2n) is 8.77. The number of nitrogens with one attached hydrogen (secondary N) is 1. The van der Waals surface area contributed by atoms with Crippen LogP contribution in [-0.4, -0.2) is 71.3 Å². The van der Waals surface area contributed by atoms with Gasteiger partial charge in [0.25, 0.3) is 0 Å². The number of hydrogen-bond donors (Lipinski definition) is 1. The molecule has 0 spiro atoms. The molecule has 4 rings (SSSR count). The van der Waals surface area contributed by atoms with Crippen LogP contribution >= 0.6 is 0 Å². The lowest BCUT2D eigenvalue weighted by Crippen LogP contribution is -2.37. The number of hydrogen-bond acceptors (Lipinski definition) is 6. The maximum absolute atomic E-state index is 12.5. The maximum Gasteiger partial charge on any atom is 0.240 e. The van der Waals surface area contributed by atoms with E-state index in [4.69, 9.17) is 14.5 Å². The Hall–Kier alpha value is -3.23. The first-order valence-corrected chi connectivity index (χ1v) is 11.8. The molecule has 0 bridgehead atoms. The fourth-order valence-corrected chi connectivity index (χ4v) is 4.01. The molecule has 1 saturated heterocycles. The zero-order valence-corrected chi connectivity index (χ0v) is 20.2. The van der Waals surface area contributed by atoms with Crippen molar-refractivity contribution in [2.24, 2.45) is 0 Å². The van der Waals surface area contributed by atoms with Crippen molar-refractivity contribution in [2.45, 2.75) is 32.9 Å². The first kappa shape index (κ1) is 23.9. The van der Waals surface area contributed by atoms with Crippen molar-refractivity contribution in [3.63, 3.8) is 0 Å². The van der Waals surface area contributed by atoms with E-state index in [1.54, 1.807) is 13.2 Å². The van der Waals surface area contributed by atoms with Gasteiger partial charge in [-0.1, -0.05) is 30.3 Å². The van der Waals surface area contributed by atoms with Crippen molar-refractivity contribution in [2.75, 3.05) is 40.0 Å². The number of benzene rings is 1. The maximum atomic E-state index is 12.5. The number of nitrogens with zero attached hydrogens (tertiary/aromatic N) is 4. The minimum absolute atomic E-state index is 0.0680. The number of morpholine rings is 1. The quantitative estimate of drug-likeness (QED) is 0.525. The molecule has 0 atom stereocenters. The number of carbonyl (C=O) groups is 1. The van der Waals surface area contributed by atoms with Gasteiger partial charge in [0.15, 0.2) is 5.82 Å². The summed E-state index contributed by atoms with van der Waals surface area (Å²) in [6, 6.07) is 14.1. The van der Waals surface area contributed by atoms with Crippen molar-refractivity contribution in [1.29, 1.82) is 0 Å². The Bertz CT molecular complexity index is 1090. The molecule has 1 N–H and O–H groups in total. The van der Waals surface area contributed by atoms with Gasteiger partial charge in [-0.25, -0.2) is 9.97 Å². The molecule has 1 amide bonds. The van der Waals surface area contributed by atoms with Gasteiger partial charge >= 0.3 is 0 Å². The van der Waals surface area contributed by atoms with E-state index in [0.717, 1.165) is 50.5 Å². The average Bonchev–Trinajstić information content (AvgIpc) is 3.26. The van der Waals surface area contributed by atoms with E-state index in [1.165, 1.54) is 5.56 Å². The number of ether oxygens (including phenoxy) is 2. The first-order chi connectivity index (χ1) is 16.5. The van der Waals surface area contributed by atoms with Crippen molar-refractivity contribution in [1.82, 2.24) is 24.8 Å². The summed E-state index contributed by atoms with van der Waals surface area (Å²) in [5, 5.41) is 2.95. The number of imidazole rings is 1. The van der Waals surface area contributed by atoms with Crippen LogP contribution in [-0.2, 0) is 22.5 Å². The summed E-state index contributed by atoms with van der Waals surface area (Å²) in [6.07, 6.45) is 2.92. The van der Waals surface area contributed by atoms with E-state index < -0.39 is 0 Å². The average molecular weight is 464 g/mol. The number of pyridine rings is 1. The minimum atomic E-state index is -0.0680. The third kappa shape index (κ3) is 6.21. The lowest BCUT2D eigenvalue weighted by molar-refractivity contribution is -0.122. The lowest BCUT2D eigenvalue weighted by atomic mass is 10.1. The van der Waals surface area contributed by atoms with Crippen LogP contribution in [0.25, 0.3) is 22.8 Å². The number of methoxy groups -OCH3 is 1. The Morgan fingerprint density at radius 1 is 1.09 bits per heavy atom. The van der Waals surface area contributed by atoms with Gasteiger partial charge in [0.05, 0.1) is 26.0 Å². The molecule has 2 aromatic heterocycles. The minimum Gasteiger partial charge on any atom is -0.481 e. The summed E-state index contributed by atoms with van der Waals surface area (Å²) in [6.45, 7) is 8.74. The largest absolute Gasteiger partial charge is 0.481 e. The molecule has 1 fully saturated rings. The normalized spacial score (nSPS) is 14.4. The first-order valence-electron chi connectivity index (χ1n) is 11.8. The lowest BCUT2D eigenvalue weighted by Gasteiger charge is -2.26. The van der Waals surface area contributed by atoms with E-state index >= 15 is 0 Å². The molecule has 180 valence electrons. The predicted octanol–water partition coefficient (Wildman–Crippen LogP) is 3.02. The van der Waals surface area contributed by atoms with Crippen molar-refractivity contribution >= 4 is 5.91 Å². The Balaban J connectivity index is 1.55. The third-order valence-corrected chi connectivity index (χ3v) is 5.77. The topological polar surface area (TPSA) is 81.5 Å². The van der Waals surface area contributed by atoms with Gasteiger partial charge in [0.1, 0.15) is 12.2 Å². The van der Waals surface area contributed by atoms with Crippen LogP contribution in [0.3, 0.4) is 0 Å². The highest BCUT2D eigenvalue weighted by atomic mass is 16.5. The van der Waals surface area contributed by atoms with Crippen LogP contribution in [0.1, 0.15) is 19.4 Å². The van der Waals surface area contributed by atoms with Crippen LogP contribution in [0.15, 0.2) is 48.7 Å². The van der Waals surface area contributed by atoms with Crippen molar-refractivity contribution < 1.29 is 14.3 Å². The molecule has 8 nitrogen and oxygen atoms in total. The molecule has 1 aliphatic heterocycles. The van der Waals surface area contributed by atoms with Crippen LogP contribution < -0.4 is 10.1 Å². The molecule has 0 aliphatic carbocycles. The molecule has 0 saturated carbocycles. The summed E-state index contributed by atoms with van der Waals surface area (Å²) >= 11 is 0. The second kappa shape index (κ2) is 11.3. The zero-order valence-electron chi connectivity index (χ0n) is 20.2. The van der Waals surface area contributed by atoms with Gasteiger partial charge in [-0.15, -0.1) is 0 Å². The van der Waals surface area contributed by atoms with Crippen LogP contribution in [0.2, 0.25) is 0 Å². The summed E-state index contributed by atoms with van der Waals surface area (Å²) in [4.78, 5) is 24.3. The Morgan fingerprint density at radius 3 is 2.56 bits per heavy atom. The molecular weight excluding hydrogens is 430 g/mol. The van der Waals surface area contributed by atoms with Crippen LogP contribution in [0.4, 0.5) is 0 Å². The van der Waals surface area contributed by atoms with E-state index in [9.17, 15) is 4.79 Å². The summed E-state index contributed by atoms with van der Waals surface area (Å²) in [5.74, 6) is 1.07. The standard InChI is InChI=1S/C26H33N5O3/c1-19(2)27-24(32)18-31-17-23(29-26(31)22-5-4-6-25(28-22)33-3)21-9-7-20(8-10-21)11-12-30-13-15-34-16-14-30/h4-10,17,19H,11-16,18H2,1-3H3,(H,27,32). The van der Waals surface area contributed by atoms with Crippen molar-refractivity contribution in [3.05, 3.63) is 54.2 Å². The number of rotatable bonds is 9. The predicted molar refractivity (Wildman–Crippen MR) is 132 cm³/mol. The molecule has 0 radical (unpaired) electrons.